The number of nitrogens with zero attached hydrogens (tertiary/aromatic N) is 2. The van der Waals surface area contributed by atoms with E-state index in [1.54, 1.807) is 0 Å². The Labute approximate surface area is 112 Å². The third kappa shape index (κ3) is 3.64. The van der Waals surface area contributed by atoms with Gasteiger partial charge in [-0.25, -0.2) is 9.97 Å². The summed E-state index contributed by atoms with van der Waals surface area (Å²) in [6.07, 6.45) is 4.49. The number of carbonyl (C=O) groups excluding carboxylic acids is 1. The van der Waals surface area contributed by atoms with E-state index in [0.29, 0.717) is 11.3 Å². The fraction of sp³-hybridized carbons (Fsp3) is 0.0833. The number of benzene rings is 1. The number of rotatable bonds is 4. The molecule has 2 rings (SSSR count). The summed E-state index contributed by atoms with van der Waals surface area (Å²) in [6.45, 7) is 0. The number of thioether (sulfide) groups is 1. The van der Waals surface area contributed by atoms with E-state index in [4.69, 9.17) is 0 Å². The molecule has 0 aliphatic carbocycles. The van der Waals surface area contributed by atoms with Crippen molar-refractivity contribution in [3.8, 4) is 0 Å². The Morgan fingerprint density at radius 1 is 1.29 bits per heavy atom. The molecule has 17 heavy (non-hydrogen) atoms. The highest BCUT2D eigenvalue weighted by Gasteiger charge is 2.06. The molecular weight excluding hydrogens is 300 g/mol. The summed E-state index contributed by atoms with van der Waals surface area (Å²) in [5.41, 5.74) is 0.551. The lowest BCUT2D eigenvalue weighted by Crippen LogP contribution is -2.03. The summed E-state index contributed by atoms with van der Waals surface area (Å²) < 4.78 is 1.01. The van der Waals surface area contributed by atoms with E-state index in [2.05, 4.69) is 25.9 Å². The quantitative estimate of drug-likeness (QED) is 0.642. The minimum atomic E-state index is 0.0376. The molecule has 0 N–H and O–H groups in total. The number of aromatic nitrogens is 2. The molecule has 0 spiro atoms. The standard InChI is InChI=1S/C12H9BrN2OS/c13-10-2-1-3-11(4-10)17-7-12(16)9-5-14-8-15-6-9/h1-6,8H,7H2. The van der Waals surface area contributed by atoms with Crippen LogP contribution in [0.15, 0.2) is 52.4 Å². The monoisotopic (exact) mass is 308 g/mol. The number of hydrogen-bond donors (Lipinski definition) is 0. The maximum absolute atomic E-state index is 11.8. The first-order chi connectivity index (χ1) is 8.25. The number of halogens is 1. The van der Waals surface area contributed by atoms with Crippen LogP contribution in [-0.4, -0.2) is 21.5 Å². The first kappa shape index (κ1) is 12.3. The molecule has 0 bridgehead atoms. The minimum Gasteiger partial charge on any atom is -0.293 e. The highest BCUT2D eigenvalue weighted by molar-refractivity contribution is 9.10. The summed E-state index contributed by atoms with van der Waals surface area (Å²) in [6, 6.07) is 7.86. The van der Waals surface area contributed by atoms with Crippen molar-refractivity contribution >= 4 is 33.5 Å². The minimum absolute atomic E-state index is 0.0376. The van der Waals surface area contributed by atoms with Crippen LogP contribution in [0.1, 0.15) is 10.4 Å². The number of hydrogen-bond acceptors (Lipinski definition) is 4. The molecule has 0 saturated carbocycles. The van der Waals surface area contributed by atoms with E-state index in [9.17, 15) is 4.79 Å². The molecule has 0 atom stereocenters. The van der Waals surface area contributed by atoms with Crippen LogP contribution in [-0.2, 0) is 0 Å². The van der Waals surface area contributed by atoms with Gasteiger partial charge in [0.25, 0.3) is 0 Å². The molecule has 0 saturated heterocycles. The molecule has 0 amide bonds. The Balaban J connectivity index is 1.97. The number of Topliss-reactive ketones (excluding diaryl/α,β-unsaturated/α-hetero) is 1. The van der Waals surface area contributed by atoms with Gasteiger partial charge in [0, 0.05) is 21.8 Å². The summed E-state index contributed by atoms with van der Waals surface area (Å²) in [4.78, 5) is 20.5. The molecule has 86 valence electrons. The number of carbonyl (C=O) groups is 1. The van der Waals surface area contributed by atoms with Crippen molar-refractivity contribution in [3.05, 3.63) is 53.0 Å². The molecule has 0 aliphatic rings. The lowest BCUT2D eigenvalue weighted by atomic mass is 10.2. The maximum atomic E-state index is 11.8. The van der Waals surface area contributed by atoms with Gasteiger partial charge in [0.2, 0.25) is 0 Å². The van der Waals surface area contributed by atoms with E-state index in [0.717, 1.165) is 9.37 Å². The molecule has 2 aromatic rings. The molecule has 5 heteroatoms. The molecule has 1 aromatic heterocycles. The fourth-order valence-electron chi connectivity index (χ4n) is 1.23. The topological polar surface area (TPSA) is 42.9 Å². The maximum Gasteiger partial charge on any atom is 0.176 e. The number of ketones is 1. The van der Waals surface area contributed by atoms with Crippen LogP contribution in [0.2, 0.25) is 0 Å². The van der Waals surface area contributed by atoms with Crippen molar-refractivity contribution in [1.29, 1.82) is 0 Å². The molecule has 1 heterocycles. The Kier molecular flexibility index (Phi) is 4.28. The van der Waals surface area contributed by atoms with Gasteiger partial charge in [-0.05, 0) is 18.2 Å². The lowest BCUT2D eigenvalue weighted by molar-refractivity contribution is 0.102. The summed E-state index contributed by atoms with van der Waals surface area (Å²) in [7, 11) is 0. The second-order valence-electron chi connectivity index (χ2n) is 3.30. The van der Waals surface area contributed by atoms with Gasteiger partial charge in [-0.1, -0.05) is 22.0 Å². The van der Waals surface area contributed by atoms with Gasteiger partial charge in [-0.3, -0.25) is 4.79 Å². The van der Waals surface area contributed by atoms with E-state index in [-0.39, 0.29) is 5.78 Å². The van der Waals surface area contributed by atoms with Crippen molar-refractivity contribution in [3.63, 3.8) is 0 Å². The molecule has 0 radical (unpaired) electrons. The summed E-state index contributed by atoms with van der Waals surface area (Å²) in [5, 5.41) is 0. The van der Waals surface area contributed by atoms with Gasteiger partial charge in [0.15, 0.2) is 5.78 Å². The van der Waals surface area contributed by atoms with Crippen molar-refractivity contribution in [2.75, 3.05) is 5.75 Å². The predicted octanol–water partition coefficient (Wildman–Crippen LogP) is 3.21. The molecule has 0 aliphatic heterocycles. The highest BCUT2D eigenvalue weighted by atomic mass is 79.9. The molecule has 3 nitrogen and oxygen atoms in total. The largest absolute Gasteiger partial charge is 0.293 e. The second kappa shape index (κ2) is 5.93. The zero-order valence-electron chi connectivity index (χ0n) is 8.84. The van der Waals surface area contributed by atoms with Crippen LogP contribution in [0.25, 0.3) is 0 Å². The van der Waals surface area contributed by atoms with Crippen LogP contribution in [0.3, 0.4) is 0 Å². The second-order valence-corrected chi connectivity index (χ2v) is 5.26. The zero-order chi connectivity index (χ0) is 12.1. The molecule has 0 unspecified atom stereocenters. The Hall–Kier alpha value is -1.20. The van der Waals surface area contributed by atoms with Gasteiger partial charge >= 0.3 is 0 Å². The molecule has 1 aromatic carbocycles. The van der Waals surface area contributed by atoms with E-state index >= 15 is 0 Å². The normalized spacial score (nSPS) is 10.2. The van der Waals surface area contributed by atoms with Gasteiger partial charge < -0.3 is 0 Å². The summed E-state index contributed by atoms with van der Waals surface area (Å²) >= 11 is 4.90. The van der Waals surface area contributed by atoms with Gasteiger partial charge in [0.05, 0.1) is 11.3 Å². The van der Waals surface area contributed by atoms with Gasteiger partial charge in [-0.15, -0.1) is 11.8 Å². The van der Waals surface area contributed by atoms with Crippen LogP contribution in [0.5, 0.6) is 0 Å². The Morgan fingerprint density at radius 2 is 2.06 bits per heavy atom. The Morgan fingerprint density at radius 3 is 2.76 bits per heavy atom. The average molecular weight is 309 g/mol. The smallest absolute Gasteiger partial charge is 0.176 e. The fourth-order valence-corrected chi connectivity index (χ4v) is 2.63. The molecule has 0 fully saturated rings. The van der Waals surface area contributed by atoms with E-state index in [1.165, 1.54) is 30.5 Å². The van der Waals surface area contributed by atoms with E-state index in [1.807, 2.05) is 24.3 Å². The third-order valence-electron chi connectivity index (χ3n) is 2.05. The summed E-state index contributed by atoms with van der Waals surface area (Å²) in [5.74, 6) is 0.430. The van der Waals surface area contributed by atoms with Crippen molar-refractivity contribution in [2.24, 2.45) is 0 Å². The first-order valence-corrected chi connectivity index (χ1v) is 6.70. The molecular formula is C12H9BrN2OS. The van der Waals surface area contributed by atoms with Gasteiger partial charge in [0.1, 0.15) is 6.33 Å². The van der Waals surface area contributed by atoms with Gasteiger partial charge in [-0.2, -0.15) is 0 Å². The first-order valence-electron chi connectivity index (χ1n) is 4.92. The average Bonchev–Trinajstić information content (AvgIpc) is 2.37. The third-order valence-corrected chi connectivity index (χ3v) is 3.54. The predicted molar refractivity (Wildman–Crippen MR) is 71.2 cm³/mol. The Bertz CT molecular complexity index is 519. The van der Waals surface area contributed by atoms with Crippen LogP contribution in [0.4, 0.5) is 0 Å². The van der Waals surface area contributed by atoms with Crippen LogP contribution < -0.4 is 0 Å². The van der Waals surface area contributed by atoms with Crippen molar-refractivity contribution in [1.82, 2.24) is 9.97 Å². The SMILES string of the molecule is O=C(CSc1cccc(Br)c1)c1cncnc1. The van der Waals surface area contributed by atoms with Crippen LogP contribution >= 0.6 is 27.7 Å². The van der Waals surface area contributed by atoms with Crippen LogP contribution in [0, 0.1) is 0 Å². The van der Waals surface area contributed by atoms with E-state index < -0.39 is 0 Å². The zero-order valence-corrected chi connectivity index (χ0v) is 11.2. The van der Waals surface area contributed by atoms with Crippen molar-refractivity contribution in [2.45, 2.75) is 4.90 Å². The highest BCUT2D eigenvalue weighted by Crippen LogP contribution is 2.22. The lowest BCUT2D eigenvalue weighted by Gasteiger charge is -2.01. The van der Waals surface area contributed by atoms with Crippen molar-refractivity contribution < 1.29 is 4.79 Å².